The fourth-order valence-corrected chi connectivity index (χ4v) is 3.18. The van der Waals surface area contributed by atoms with Crippen LogP contribution in [0.4, 0.5) is 0 Å². The number of halogens is 2. The zero-order valence-corrected chi connectivity index (χ0v) is 15.7. The maximum Gasteiger partial charge on any atom is 0.210 e. The molecule has 0 amide bonds. The molecule has 23 heavy (non-hydrogen) atoms. The van der Waals surface area contributed by atoms with Crippen molar-refractivity contribution in [2.75, 3.05) is 0 Å². The van der Waals surface area contributed by atoms with Gasteiger partial charge in [0, 0.05) is 31.7 Å². The number of nitrogens with one attached hydrogen (secondary N) is 1. The zero-order valence-electron chi connectivity index (χ0n) is 11.7. The summed E-state index contributed by atoms with van der Waals surface area (Å²) >= 11 is 8.17. The van der Waals surface area contributed by atoms with Gasteiger partial charge in [-0.05, 0) is 44.0 Å². The summed E-state index contributed by atoms with van der Waals surface area (Å²) in [5.74, 6) is 0.152. The van der Waals surface area contributed by atoms with Gasteiger partial charge in [-0.2, -0.15) is 0 Å². The summed E-state index contributed by atoms with van der Waals surface area (Å²) in [6.45, 7) is 0. The number of nitrogens with zero attached hydrogens (tertiary/aromatic N) is 2. The molecule has 116 valence electrons. The topological polar surface area (TPSA) is 57.0 Å². The molecule has 0 atom stereocenters. The maximum absolute atomic E-state index is 9.92. The highest BCUT2D eigenvalue weighted by molar-refractivity contribution is 9.13. The van der Waals surface area contributed by atoms with Gasteiger partial charge < -0.3 is 5.11 Å². The predicted octanol–water partition coefficient (Wildman–Crippen LogP) is 4.94. The first-order valence-corrected chi connectivity index (χ1v) is 9.08. The lowest BCUT2D eigenvalue weighted by Crippen LogP contribution is -2.10. The van der Waals surface area contributed by atoms with Gasteiger partial charge >= 0.3 is 0 Å². The third-order valence-corrected chi connectivity index (χ3v) is 5.63. The molecular weight excluding hydrogens is 442 g/mol. The molecular formula is C16H11Br2N3OS. The van der Waals surface area contributed by atoms with Crippen LogP contribution in [0, 0.1) is 0 Å². The van der Waals surface area contributed by atoms with Crippen molar-refractivity contribution in [1.29, 1.82) is 0 Å². The third kappa shape index (κ3) is 4.04. The molecule has 0 aliphatic carbocycles. The average Bonchev–Trinajstić information content (AvgIpc) is 2.58. The molecule has 4 nitrogen and oxygen atoms in total. The summed E-state index contributed by atoms with van der Waals surface area (Å²) in [6, 6.07) is 13.4. The van der Waals surface area contributed by atoms with E-state index >= 15 is 0 Å². The van der Waals surface area contributed by atoms with Gasteiger partial charge in [-0.15, -0.1) is 5.10 Å². The Morgan fingerprint density at radius 1 is 1.13 bits per heavy atom. The molecule has 2 aromatic carbocycles. The van der Waals surface area contributed by atoms with Crippen LogP contribution in [0.1, 0.15) is 11.1 Å². The second kappa shape index (κ2) is 7.33. The molecule has 0 radical (unpaired) electrons. The minimum Gasteiger partial charge on any atom is -0.507 e. The number of aromatic hydroxyl groups is 1. The van der Waals surface area contributed by atoms with Gasteiger partial charge in [0.05, 0.1) is 5.70 Å². The molecule has 0 saturated carbocycles. The lowest BCUT2D eigenvalue weighted by atomic mass is 10.2. The van der Waals surface area contributed by atoms with E-state index in [1.54, 1.807) is 18.3 Å². The molecule has 0 saturated heterocycles. The summed E-state index contributed by atoms with van der Waals surface area (Å²) in [4.78, 5) is 4.30. The fourth-order valence-electron chi connectivity index (χ4n) is 1.86. The summed E-state index contributed by atoms with van der Waals surface area (Å²) in [7, 11) is 0. The zero-order chi connectivity index (χ0) is 16.2. The van der Waals surface area contributed by atoms with Crippen molar-refractivity contribution >= 4 is 60.7 Å². The first kappa shape index (κ1) is 16.3. The number of phenols is 1. The summed E-state index contributed by atoms with van der Waals surface area (Å²) < 4.78 is 1.63. The Bertz CT molecular complexity index is 820. The summed E-state index contributed by atoms with van der Waals surface area (Å²) in [6.07, 6.45) is 1.58. The fraction of sp³-hybridized carbons (Fsp3) is 0. The van der Waals surface area contributed by atoms with Crippen LogP contribution in [0.25, 0.3) is 5.70 Å². The van der Waals surface area contributed by atoms with Gasteiger partial charge in [0.15, 0.2) is 0 Å². The lowest BCUT2D eigenvalue weighted by molar-refractivity contribution is 0.474. The van der Waals surface area contributed by atoms with E-state index in [1.807, 2.05) is 35.7 Å². The third-order valence-electron chi connectivity index (χ3n) is 3.02. The Hall–Kier alpha value is -1.57. The number of hydrogen-bond donors (Lipinski definition) is 2. The minimum atomic E-state index is 0.152. The number of hydrazone groups is 1. The lowest BCUT2D eigenvalue weighted by Gasteiger charge is -2.11. The Labute approximate surface area is 154 Å². The van der Waals surface area contributed by atoms with Gasteiger partial charge in [0.1, 0.15) is 5.75 Å². The monoisotopic (exact) mass is 451 g/mol. The van der Waals surface area contributed by atoms with Crippen LogP contribution in [0.3, 0.4) is 0 Å². The molecule has 2 aromatic rings. The Morgan fingerprint density at radius 2 is 1.87 bits per heavy atom. The van der Waals surface area contributed by atoms with Crippen molar-refractivity contribution in [3.8, 4) is 5.75 Å². The minimum absolute atomic E-state index is 0.152. The SMILES string of the molecule is Oc1cc(Br)c(Br)cc1/C=N/C1=NNC(c2ccccc2)=CS1. The Morgan fingerprint density at radius 3 is 2.57 bits per heavy atom. The molecule has 0 fully saturated rings. The van der Waals surface area contributed by atoms with E-state index in [-0.39, 0.29) is 5.75 Å². The van der Waals surface area contributed by atoms with Crippen molar-refractivity contribution in [3.63, 3.8) is 0 Å². The molecule has 0 aromatic heterocycles. The average molecular weight is 453 g/mol. The van der Waals surface area contributed by atoms with E-state index in [0.717, 1.165) is 20.2 Å². The van der Waals surface area contributed by atoms with Crippen molar-refractivity contribution in [2.24, 2.45) is 10.1 Å². The van der Waals surface area contributed by atoms with E-state index in [2.05, 4.69) is 47.4 Å². The van der Waals surface area contributed by atoms with E-state index in [1.165, 1.54) is 11.8 Å². The number of benzene rings is 2. The van der Waals surface area contributed by atoms with Crippen molar-refractivity contribution in [1.82, 2.24) is 5.43 Å². The highest BCUT2D eigenvalue weighted by atomic mass is 79.9. The van der Waals surface area contributed by atoms with Gasteiger partial charge in [0.25, 0.3) is 0 Å². The summed E-state index contributed by atoms with van der Waals surface area (Å²) in [5, 5.41) is 16.7. The second-order valence-electron chi connectivity index (χ2n) is 4.60. The molecule has 7 heteroatoms. The molecule has 3 rings (SSSR count). The molecule has 0 unspecified atom stereocenters. The van der Waals surface area contributed by atoms with Gasteiger partial charge in [-0.25, -0.2) is 4.99 Å². The number of thioether (sulfide) groups is 1. The van der Waals surface area contributed by atoms with Crippen LogP contribution >= 0.6 is 43.6 Å². The van der Waals surface area contributed by atoms with E-state index in [0.29, 0.717) is 10.7 Å². The van der Waals surface area contributed by atoms with Crippen LogP contribution in [-0.2, 0) is 0 Å². The molecule has 2 N–H and O–H groups in total. The van der Waals surface area contributed by atoms with E-state index in [9.17, 15) is 5.11 Å². The number of aliphatic imine (C=N–C) groups is 1. The first-order chi connectivity index (χ1) is 11.1. The summed E-state index contributed by atoms with van der Waals surface area (Å²) in [5.41, 5.74) is 5.61. The normalized spacial score (nSPS) is 14.3. The van der Waals surface area contributed by atoms with E-state index in [4.69, 9.17) is 0 Å². The standard InChI is InChI=1S/C16H11Br2N3OS/c17-12-6-11(15(22)7-13(12)18)8-19-16-21-20-14(9-23-16)10-4-2-1-3-5-10/h1-9,20,22H/b19-8+. The predicted molar refractivity (Wildman–Crippen MR) is 104 cm³/mol. The number of hydrogen-bond acceptors (Lipinski definition) is 5. The van der Waals surface area contributed by atoms with Crippen LogP contribution in [0.5, 0.6) is 5.75 Å². The molecule has 0 spiro atoms. The first-order valence-electron chi connectivity index (χ1n) is 6.61. The molecule has 0 bridgehead atoms. The van der Waals surface area contributed by atoms with Crippen molar-refractivity contribution in [3.05, 3.63) is 67.9 Å². The maximum atomic E-state index is 9.92. The van der Waals surface area contributed by atoms with Gasteiger partial charge in [-0.3, -0.25) is 5.43 Å². The van der Waals surface area contributed by atoms with Crippen molar-refractivity contribution < 1.29 is 5.11 Å². The van der Waals surface area contributed by atoms with Gasteiger partial charge in [0.2, 0.25) is 5.17 Å². The van der Waals surface area contributed by atoms with Crippen LogP contribution in [0.2, 0.25) is 0 Å². The number of amidine groups is 1. The highest BCUT2D eigenvalue weighted by Crippen LogP contribution is 2.30. The van der Waals surface area contributed by atoms with Crippen LogP contribution < -0.4 is 5.43 Å². The number of rotatable bonds is 2. The Kier molecular flexibility index (Phi) is 5.20. The molecule has 1 aliphatic heterocycles. The quantitative estimate of drug-likeness (QED) is 0.634. The van der Waals surface area contributed by atoms with Crippen LogP contribution in [0.15, 0.2) is 66.9 Å². The van der Waals surface area contributed by atoms with Crippen LogP contribution in [-0.4, -0.2) is 16.5 Å². The number of phenolic OH excluding ortho intramolecular Hbond substituents is 1. The van der Waals surface area contributed by atoms with Gasteiger partial charge in [-0.1, -0.05) is 42.1 Å². The smallest absolute Gasteiger partial charge is 0.210 e. The highest BCUT2D eigenvalue weighted by Gasteiger charge is 2.09. The second-order valence-corrected chi connectivity index (χ2v) is 7.15. The van der Waals surface area contributed by atoms with Crippen molar-refractivity contribution in [2.45, 2.75) is 0 Å². The van der Waals surface area contributed by atoms with E-state index < -0.39 is 0 Å². The molecule has 1 aliphatic rings. The Balaban J connectivity index is 1.71. The molecule has 1 heterocycles. The largest absolute Gasteiger partial charge is 0.507 e.